The number of nitrogens with one attached hydrogen (secondary N) is 2. The third kappa shape index (κ3) is 6.47. The lowest BCUT2D eigenvalue weighted by molar-refractivity contribution is -0.120. The van der Waals surface area contributed by atoms with Crippen LogP contribution in [0.15, 0.2) is 48.5 Å². The molecule has 0 aliphatic carbocycles. The molecule has 5 nitrogen and oxygen atoms in total. The topological polar surface area (TPSA) is 59.6 Å². The number of hydrogen-bond acceptors (Lipinski definition) is 4. The molecule has 0 aromatic heterocycles. The van der Waals surface area contributed by atoms with Crippen LogP contribution >= 0.6 is 0 Å². The average Bonchev–Trinajstić information content (AvgIpc) is 2.66. The summed E-state index contributed by atoms with van der Waals surface area (Å²) in [6, 6.07) is 15.8. The average molecular weight is 342 g/mol. The van der Waals surface area contributed by atoms with Gasteiger partial charge >= 0.3 is 0 Å². The second-order valence-corrected chi connectivity index (χ2v) is 5.69. The lowest BCUT2D eigenvalue weighted by atomic mass is 10.1. The Kier molecular flexibility index (Phi) is 7.79. The van der Waals surface area contributed by atoms with Crippen LogP contribution in [0.3, 0.4) is 0 Å². The lowest BCUT2D eigenvalue weighted by Crippen LogP contribution is -2.35. The number of para-hydroxylation sites is 1. The van der Waals surface area contributed by atoms with E-state index in [-0.39, 0.29) is 5.91 Å². The molecule has 1 amide bonds. The molecule has 0 aliphatic heterocycles. The predicted octanol–water partition coefficient (Wildman–Crippen LogP) is 2.19. The minimum atomic E-state index is 0.000500. The predicted molar refractivity (Wildman–Crippen MR) is 99.3 cm³/mol. The largest absolute Gasteiger partial charge is 0.497 e. The van der Waals surface area contributed by atoms with E-state index in [1.807, 2.05) is 42.5 Å². The van der Waals surface area contributed by atoms with Gasteiger partial charge in [0, 0.05) is 6.54 Å². The highest BCUT2D eigenvalue weighted by atomic mass is 16.5. The van der Waals surface area contributed by atoms with Crippen molar-refractivity contribution in [3.63, 3.8) is 0 Å². The van der Waals surface area contributed by atoms with Crippen molar-refractivity contribution in [2.45, 2.75) is 12.8 Å². The van der Waals surface area contributed by atoms with Crippen molar-refractivity contribution >= 4 is 5.91 Å². The second-order valence-electron chi connectivity index (χ2n) is 5.69. The Hall–Kier alpha value is -2.53. The maximum Gasteiger partial charge on any atom is 0.233 e. The van der Waals surface area contributed by atoms with E-state index >= 15 is 0 Å². The van der Waals surface area contributed by atoms with Gasteiger partial charge in [0.15, 0.2) is 0 Å². The normalized spacial score (nSPS) is 10.3. The summed E-state index contributed by atoms with van der Waals surface area (Å²) in [7, 11) is 3.32. The Labute approximate surface area is 149 Å². The number of hydrogen-bond donors (Lipinski definition) is 2. The molecule has 0 atom stereocenters. The van der Waals surface area contributed by atoms with E-state index in [0.717, 1.165) is 36.4 Å². The fourth-order valence-electron chi connectivity index (χ4n) is 2.57. The fourth-order valence-corrected chi connectivity index (χ4v) is 2.57. The molecule has 134 valence electrons. The van der Waals surface area contributed by atoms with Gasteiger partial charge in [0.25, 0.3) is 0 Å². The first-order valence-electron chi connectivity index (χ1n) is 8.45. The van der Waals surface area contributed by atoms with Crippen LogP contribution in [-0.4, -0.2) is 39.8 Å². The Balaban J connectivity index is 1.62. The minimum absolute atomic E-state index is 0.000500. The molecule has 5 heteroatoms. The zero-order valence-electron chi connectivity index (χ0n) is 14.9. The number of ether oxygens (including phenoxy) is 2. The lowest BCUT2D eigenvalue weighted by Gasteiger charge is -2.10. The van der Waals surface area contributed by atoms with Crippen LogP contribution in [0.5, 0.6) is 11.5 Å². The number of rotatable bonds is 10. The van der Waals surface area contributed by atoms with Crippen molar-refractivity contribution < 1.29 is 14.3 Å². The summed E-state index contributed by atoms with van der Waals surface area (Å²) in [6.07, 6.45) is 1.60. The van der Waals surface area contributed by atoms with E-state index in [1.54, 1.807) is 14.2 Å². The van der Waals surface area contributed by atoms with Crippen LogP contribution in [0.4, 0.5) is 0 Å². The monoisotopic (exact) mass is 342 g/mol. The van der Waals surface area contributed by atoms with Gasteiger partial charge in [-0.05, 0) is 48.7 Å². The highest BCUT2D eigenvalue weighted by molar-refractivity contribution is 5.77. The first-order valence-corrected chi connectivity index (χ1v) is 8.45. The molecule has 0 aliphatic rings. The van der Waals surface area contributed by atoms with Gasteiger partial charge < -0.3 is 20.1 Å². The highest BCUT2D eigenvalue weighted by Gasteiger charge is 2.04. The summed E-state index contributed by atoms with van der Waals surface area (Å²) in [4.78, 5) is 11.9. The summed E-state index contributed by atoms with van der Waals surface area (Å²) in [5.41, 5.74) is 2.28. The molecule has 2 aromatic carbocycles. The summed E-state index contributed by atoms with van der Waals surface area (Å²) in [5, 5.41) is 6.09. The van der Waals surface area contributed by atoms with Gasteiger partial charge in [-0.2, -0.15) is 0 Å². The van der Waals surface area contributed by atoms with Crippen molar-refractivity contribution in [3.8, 4) is 11.5 Å². The highest BCUT2D eigenvalue weighted by Crippen LogP contribution is 2.17. The van der Waals surface area contributed by atoms with Crippen molar-refractivity contribution in [1.29, 1.82) is 0 Å². The molecule has 0 radical (unpaired) electrons. The van der Waals surface area contributed by atoms with Crippen molar-refractivity contribution in [2.24, 2.45) is 0 Å². The van der Waals surface area contributed by atoms with Gasteiger partial charge in [-0.15, -0.1) is 0 Å². The quantitative estimate of drug-likeness (QED) is 0.650. The maximum atomic E-state index is 11.9. The zero-order chi connectivity index (χ0) is 17.9. The number of methoxy groups -OCH3 is 2. The van der Waals surface area contributed by atoms with Gasteiger partial charge in [-0.25, -0.2) is 0 Å². The summed E-state index contributed by atoms with van der Waals surface area (Å²) >= 11 is 0. The number of carbonyl (C=O) groups is 1. The Bertz CT molecular complexity index is 673. The molecule has 0 spiro atoms. The van der Waals surface area contributed by atoms with E-state index in [1.165, 1.54) is 5.56 Å². The molecule has 0 bridgehead atoms. The molecule has 2 N–H and O–H groups in total. The molecule has 2 rings (SSSR count). The molecule has 0 saturated heterocycles. The molecule has 0 unspecified atom stereocenters. The summed E-state index contributed by atoms with van der Waals surface area (Å²) in [5.74, 6) is 1.71. The van der Waals surface area contributed by atoms with E-state index in [9.17, 15) is 4.79 Å². The molecule has 0 fully saturated rings. The molecular formula is C20H26N2O3. The van der Waals surface area contributed by atoms with Gasteiger partial charge in [0.1, 0.15) is 11.5 Å². The first kappa shape index (κ1) is 18.8. The van der Waals surface area contributed by atoms with Gasteiger partial charge in [-0.3, -0.25) is 4.79 Å². The smallest absolute Gasteiger partial charge is 0.233 e. The minimum Gasteiger partial charge on any atom is -0.497 e. The van der Waals surface area contributed by atoms with Gasteiger partial charge in [0.05, 0.1) is 20.8 Å². The van der Waals surface area contributed by atoms with Crippen LogP contribution in [-0.2, 0) is 17.6 Å². The van der Waals surface area contributed by atoms with Crippen LogP contribution in [0.25, 0.3) is 0 Å². The van der Waals surface area contributed by atoms with E-state index in [4.69, 9.17) is 9.47 Å². The SMILES string of the molecule is COc1cccc(CCNCC(=O)NCCc2ccccc2OC)c1. The fraction of sp³-hybridized carbons (Fsp3) is 0.350. The molecule has 25 heavy (non-hydrogen) atoms. The second kappa shape index (κ2) is 10.4. The Morgan fingerprint density at radius 2 is 1.80 bits per heavy atom. The number of amides is 1. The van der Waals surface area contributed by atoms with E-state index < -0.39 is 0 Å². The van der Waals surface area contributed by atoms with Crippen LogP contribution < -0.4 is 20.1 Å². The molecule has 2 aromatic rings. The van der Waals surface area contributed by atoms with E-state index in [0.29, 0.717) is 13.1 Å². The van der Waals surface area contributed by atoms with Crippen LogP contribution in [0.1, 0.15) is 11.1 Å². The van der Waals surface area contributed by atoms with Crippen LogP contribution in [0, 0.1) is 0 Å². The maximum absolute atomic E-state index is 11.9. The Morgan fingerprint density at radius 3 is 2.60 bits per heavy atom. The zero-order valence-corrected chi connectivity index (χ0v) is 14.9. The third-order valence-corrected chi connectivity index (χ3v) is 3.92. The molecular weight excluding hydrogens is 316 g/mol. The summed E-state index contributed by atoms with van der Waals surface area (Å²) < 4.78 is 10.5. The number of carbonyl (C=O) groups excluding carboxylic acids is 1. The van der Waals surface area contributed by atoms with Crippen molar-refractivity contribution in [3.05, 3.63) is 59.7 Å². The Morgan fingerprint density at radius 1 is 0.960 bits per heavy atom. The third-order valence-electron chi connectivity index (χ3n) is 3.92. The van der Waals surface area contributed by atoms with Crippen molar-refractivity contribution in [1.82, 2.24) is 10.6 Å². The number of benzene rings is 2. The summed E-state index contributed by atoms with van der Waals surface area (Å²) in [6.45, 7) is 1.65. The molecule has 0 heterocycles. The first-order chi connectivity index (χ1) is 12.2. The standard InChI is InChI=1S/C20H26N2O3/c1-24-18-8-5-6-16(14-18)10-12-21-15-20(23)22-13-11-17-7-3-4-9-19(17)25-2/h3-9,14,21H,10-13,15H2,1-2H3,(H,22,23). The molecule has 0 saturated carbocycles. The van der Waals surface area contributed by atoms with Crippen LogP contribution in [0.2, 0.25) is 0 Å². The van der Waals surface area contributed by atoms with Crippen molar-refractivity contribution in [2.75, 3.05) is 33.9 Å². The van der Waals surface area contributed by atoms with Gasteiger partial charge in [0.2, 0.25) is 5.91 Å². The van der Waals surface area contributed by atoms with Gasteiger partial charge in [-0.1, -0.05) is 30.3 Å². The van der Waals surface area contributed by atoms with E-state index in [2.05, 4.69) is 16.7 Å².